The highest BCUT2D eigenvalue weighted by Crippen LogP contribution is 2.39. The summed E-state index contributed by atoms with van der Waals surface area (Å²) in [5, 5.41) is 12.8. The molecule has 0 aliphatic heterocycles. The lowest BCUT2D eigenvalue weighted by atomic mass is 10.0. The minimum atomic E-state index is -4.59. The highest BCUT2D eigenvalue weighted by molar-refractivity contribution is 5.92. The number of carbonyl (C=O) groups excluding carboxylic acids is 1. The van der Waals surface area contributed by atoms with Gasteiger partial charge >= 0.3 is 6.18 Å². The number of carbonyl (C=O) groups is 1. The van der Waals surface area contributed by atoms with Crippen LogP contribution in [0.15, 0.2) is 30.5 Å². The summed E-state index contributed by atoms with van der Waals surface area (Å²) in [7, 11) is 0. The fourth-order valence-corrected chi connectivity index (χ4v) is 2.74. The molecule has 10 heteroatoms. The third-order valence-electron chi connectivity index (χ3n) is 4.53. The fourth-order valence-electron chi connectivity index (χ4n) is 2.74. The molecule has 1 atom stereocenters. The highest BCUT2D eigenvalue weighted by atomic mass is 19.4. The number of halogens is 4. The summed E-state index contributed by atoms with van der Waals surface area (Å²) in [6.07, 6.45) is -1.85. The summed E-state index contributed by atoms with van der Waals surface area (Å²) in [5.74, 6) is -1.52. The Labute approximate surface area is 163 Å². The van der Waals surface area contributed by atoms with Gasteiger partial charge in [0.2, 0.25) is 5.88 Å². The van der Waals surface area contributed by atoms with Crippen LogP contribution in [0.25, 0.3) is 11.3 Å². The monoisotopic (exact) mass is 413 g/mol. The van der Waals surface area contributed by atoms with Crippen LogP contribution in [0.3, 0.4) is 0 Å². The number of benzene rings is 1. The molecule has 0 bridgehead atoms. The molecule has 2 aromatic rings. The van der Waals surface area contributed by atoms with Gasteiger partial charge in [-0.15, -0.1) is 0 Å². The summed E-state index contributed by atoms with van der Waals surface area (Å²) in [6, 6.07) is 4.78. The molecule has 1 amide bonds. The quantitative estimate of drug-likeness (QED) is 0.682. The Morgan fingerprint density at radius 2 is 1.93 bits per heavy atom. The first-order valence-corrected chi connectivity index (χ1v) is 8.88. The molecule has 3 rings (SSSR count). The number of hydrogen-bond donors (Lipinski definition) is 2. The number of hydrogen-bond acceptors (Lipinski definition) is 5. The molecule has 1 aromatic carbocycles. The Hall–Kier alpha value is -2.75. The zero-order valence-electron chi connectivity index (χ0n) is 15.5. The van der Waals surface area contributed by atoms with Gasteiger partial charge in [-0.1, -0.05) is 0 Å². The van der Waals surface area contributed by atoms with Gasteiger partial charge in [-0.05, 0) is 49.9 Å². The van der Waals surface area contributed by atoms with E-state index >= 15 is 0 Å². The maximum Gasteiger partial charge on any atom is 0.422 e. The minimum absolute atomic E-state index is 0.00358. The number of nitrogens with zero attached hydrogens (tertiary/aromatic N) is 2. The largest absolute Gasteiger partial charge is 0.466 e. The van der Waals surface area contributed by atoms with Gasteiger partial charge < -0.3 is 15.2 Å². The van der Waals surface area contributed by atoms with Crippen molar-refractivity contribution in [3.8, 4) is 17.1 Å². The molecule has 0 spiro atoms. The zero-order chi connectivity index (χ0) is 21.2. The molecule has 1 fully saturated rings. The highest BCUT2D eigenvalue weighted by Gasteiger charge is 2.40. The molecule has 1 aliphatic rings. The zero-order valence-corrected chi connectivity index (χ0v) is 15.5. The van der Waals surface area contributed by atoms with E-state index in [1.165, 1.54) is 12.1 Å². The second-order valence-electron chi connectivity index (χ2n) is 7.13. The van der Waals surface area contributed by atoms with Crippen molar-refractivity contribution < 1.29 is 32.2 Å². The van der Waals surface area contributed by atoms with Gasteiger partial charge in [0.25, 0.3) is 5.91 Å². The number of aliphatic hydroxyl groups is 1. The second kappa shape index (κ2) is 7.94. The molecule has 0 unspecified atom stereocenters. The van der Waals surface area contributed by atoms with Crippen molar-refractivity contribution in [2.24, 2.45) is 5.92 Å². The van der Waals surface area contributed by atoms with Crippen molar-refractivity contribution in [3.63, 3.8) is 0 Å². The standard InChI is InChI=1S/C19H19F4N3O3/c1-18(28,12-4-5-12)9-25-16(27)14-8-24-17(29-10-19(21,22)23)15(26-14)11-2-6-13(20)7-3-11/h2-3,6-8,12,28H,4-5,9-10H2,1H3,(H,25,27)/t18-/m1/s1. The van der Waals surface area contributed by atoms with E-state index in [9.17, 15) is 27.5 Å². The van der Waals surface area contributed by atoms with E-state index in [2.05, 4.69) is 15.3 Å². The first-order valence-electron chi connectivity index (χ1n) is 8.88. The van der Waals surface area contributed by atoms with Crippen LogP contribution in [-0.2, 0) is 0 Å². The van der Waals surface area contributed by atoms with E-state index in [1.54, 1.807) is 6.92 Å². The number of nitrogens with one attached hydrogen (secondary N) is 1. The molecule has 2 N–H and O–H groups in total. The third kappa shape index (κ3) is 5.63. The van der Waals surface area contributed by atoms with Crippen LogP contribution in [0.5, 0.6) is 5.88 Å². The van der Waals surface area contributed by atoms with Crippen molar-refractivity contribution in [3.05, 3.63) is 42.0 Å². The van der Waals surface area contributed by atoms with Gasteiger partial charge in [0.05, 0.1) is 11.8 Å². The smallest absolute Gasteiger partial charge is 0.422 e. The Balaban J connectivity index is 1.83. The number of alkyl halides is 3. The van der Waals surface area contributed by atoms with Crippen molar-refractivity contribution in [2.75, 3.05) is 13.2 Å². The number of aromatic nitrogens is 2. The number of amides is 1. The topological polar surface area (TPSA) is 84.3 Å². The minimum Gasteiger partial charge on any atom is -0.466 e. The van der Waals surface area contributed by atoms with Gasteiger partial charge in [0, 0.05) is 12.1 Å². The Morgan fingerprint density at radius 3 is 2.52 bits per heavy atom. The Bertz CT molecular complexity index is 881. The molecule has 1 saturated carbocycles. The summed E-state index contributed by atoms with van der Waals surface area (Å²) in [4.78, 5) is 20.2. The molecule has 1 aromatic heterocycles. The summed E-state index contributed by atoms with van der Waals surface area (Å²) in [6.45, 7) is 0.0245. The van der Waals surface area contributed by atoms with Gasteiger partial charge in [-0.2, -0.15) is 13.2 Å². The summed E-state index contributed by atoms with van der Waals surface area (Å²) in [5.41, 5.74) is -1.12. The molecule has 1 aliphatic carbocycles. The molecular weight excluding hydrogens is 394 g/mol. The van der Waals surface area contributed by atoms with Crippen LogP contribution in [-0.4, -0.2) is 45.9 Å². The molecule has 6 nitrogen and oxygen atoms in total. The van der Waals surface area contributed by atoms with Crippen LogP contribution in [0, 0.1) is 11.7 Å². The van der Waals surface area contributed by atoms with Gasteiger partial charge in [0.1, 0.15) is 17.2 Å². The lowest BCUT2D eigenvalue weighted by molar-refractivity contribution is -0.154. The molecule has 0 saturated heterocycles. The number of rotatable bonds is 7. The van der Waals surface area contributed by atoms with E-state index in [0.717, 1.165) is 31.2 Å². The maximum absolute atomic E-state index is 13.2. The number of ether oxygens (including phenoxy) is 1. The summed E-state index contributed by atoms with van der Waals surface area (Å²) >= 11 is 0. The molecular formula is C19H19F4N3O3. The van der Waals surface area contributed by atoms with E-state index in [1.807, 2.05) is 0 Å². The SMILES string of the molecule is C[C@@](O)(CNC(=O)c1cnc(OCC(F)(F)F)c(-c2ccc(F)cc2)n1)C1CC1. The van der Waals surface area contributed by atoms with Crippen LogP contribution in [0.1, 0.15) is 30.3 Å². The van der Waals surface area contributed by atoms with Crippen molar-refractivity contribution in [1.29, 1.82) is 0 Å². The molecule has 0 radical (unpaired) electrons. The van der Waals surface area contributed by atoms with E-state index in [4.69, 9.17) is 4.74 Å². The lowest BCUT2D eigenvalue weighted by Crippen LogP contribution is -2.42. The Morgan fingerprint density at radius 1 is 1.28 bits per heavy atom. The molecule has 29 heavy (non-hydrogen) atoms. The van der Waals surface area contributed by atoms with E-state index in [-0.39, 0.29) is 29.4 Å². The van der Waals surface area contributed by atoms with Crippen LogP contribution in [0.4, 0.5) is 17.6 Å². The van der Waals surface area contributed by atoms with Gasteiger partial charge in [-0.3, -0.25) is 4.79 Å². The van der Waals surface area contributed by atoms with Crippen LogP contribution >= 0.6 is 0 Å². The van der Waals surface area contributed by atoms with Crippen LogP contribution < -0.4 is 10.1 Å². The summed E-state index contributed by atoms with van der Waals surface area (Å²) < 4.78 is 55.4. The second-order valence-corrected chi connectivity index (χ2v) is 7.13. The molecule has 1 heterocycles. The lowest BCUT2D eigenvalue weighted by Gasteiger charge is -2.23. The Kier molecular flexibility index (Phi) is 5.74. The maximum atomic E-state index is 13.2. The first kappa shape index (κ1) is 21.0. The predicted molar refractivity (Wildman–Crippen MR) is 94.7 cm³/mol. The average Bonchev–Trinajstić information content (AvgIpc) is 3.50. The third-order valence-corrected chi connectivity index (χ3v) is 4.53. The van der Waals surface area contributed by atoms with Crippen molar-refractivity contribution >= 4 is 5.91 Å². The molecule has 156 valence electrons. The van der Waals surface area contributed by atoms with Crippen molar-refractivity contribution in [1.82, 2.24) is 15.3 Å². The van der Waals surface area contributed by atoms with E-state index < -0.39 is 36.0 Å². The fraction of sp³-hybridized carbons (Fsp3) is 0.421. The predicted octanol–water partition coefficient (Wildman–Crippen LogP) is 3.11. The average molecular weight is 413 g/mol. The van der Waals surface area contributed by atoms with Gasteiger partial charge in [0.15, 0.2) is 6.61 Å². The van der Waals surface area contributed by atoms with Crippen LogP contribution in [0.2, 0.25) is 0 Å². The van der Waals surface area contributed by atoms with Crippen molar-refractivity contribution in [2.45, 2.75) is 31.5 Å². The van der Waals surface area contributed by atoms with E-state index in [0.29, 0.717) is 0 Å². The first-order chi connectivity index (χ1) is 13.5. The normalized spacial score (nSPS) is 16.2. The van der Waals surface area contributed by atoms with Gasteiger partial charge in [-0.25, -0.2) is 14.4 Å².